The van der Waals surface area contributed by atoms with E-state index in [1.54, 1.807) is 41.5 Å². The predicted octanol–water partition coefficient (Wildman–Crippen LogP) is 3.12. The molecule has 9 heteroatoms. The topological polar surface area (TPSA) is 109 Å². The van der Waals surface area contributed by atoms with E-state index in [2.05, 4.69) is 38.8 Å². The number of benzene rings is 1. The van der Waals surface area contributed by atoms with Crippen LogP contribution >= 0.6 is 22.6 Å². The molecule has 2 atom stereocenters. The van der Waals surface area contributed by atoms with Gasteiger partial charge in [-0.1, -0.05) is 12.1 Å². The summed E-state index contributed by atoms with van der Waals surface area (Å²) in [5.41, 5.74) is 4.68. The summed E-state index contributed by atoms with van der Waals surface area (Å²) in [5, 5.41) is 13.3. The van der Waals surface area contributed by atoms with Crippen molar-refractivity contribution in [2.45, 2.75) is 71.3 Å². The first-order valence-electron chi connectivity index (χ1n) is 9.39. The number of rotatable bonds is 7. The number of hydrogen-bond donors (Lipinski definition) is 4. The summed E-state index contributed by atoms with van der Waals surface area (Å²) in [4.78, 5) is 23.9. The molecule has 0 bridgehead atoms. The number of halogens is 1. The summed E-state index contributed by atoms with van der Waals surface area (Å²) >= 11 is 2.21. The van der Waals surface area contributed by atoms with Crippen LogP contribution in [0.3, 0.4) is 0 Å². The van der Waals surface area contributed by atoms with Crippen LogP contribution in [-0.2, 0) is 15.9 Å². The van der Waals surface area contributed by atoms with Gasteiger partial charge in [-0.25, -0.2) is 15.0 Å². The minimum atomic E-state index is -0.989. The highest BCUT2D eigenvalue weighted by atomic mass is 127. The summed E-state index contributed by atoms with van der Waals surface area (Å²) in [6.07, 6.45) is -1.87. The molecule has 0 aliphatic heterocycles. The van der Waals surface area contributed by atoms with Gasteiger partial charge < -0.3 is 19.9 Å². The molecular weight excluding hydrogens is 489 g/mol. The van der Waals surface area contributed by atoms with Crippen LogP contribution in [0.4, 0.5) is 9.59 Å². The van der Waals surface area contributed by atoms with Gasteiger partial charge >= 0.3 is 12.2 Å². The molecule has 0 aromatic heterocycles. The Bertz CT molecular complexity index is 668. The van der Waals surface area contributed by atoms with Crippen molar-refractivity contribution in [2.24, 2.45) is 0 Å². The summed E-state index contributed by atoms with van der Waals surface area (Å²) < 4.78 is 11.5. The lowest BCUT2D eigenvalue weighted by Gasteiger charge is -2.27. The highest BCUT2D eigenvalue weighted by Crippen LogP contribution is 2.12. The number of hydrazine groups is 1. The zero-order valence-electron chi connectivity index (χ0n) is 17.8. The van der Waals surface area contributed by atoms with E-state index >= 15 is 0 Å². The molecular formula is C20H32IN3O5. The van der Waals surface area contributed by atoms with Crippen molar-refractivity contribution in [2.75, 3.05) is 6.54 Å². The van der Waals surface area contributed by atoms with Crippen LogP contribution < -0.4 is 16.2 Å². The number of aliphatic hydroxyl groups excluding tert-OH is 1. The number of alkyl carbamates (subject to hydrolysis) is 1. The average Bonchev–Trinajstić information content (AvgIpc) is 2.52. The number of amides is 2. The maximum Gasteiger partial charge on any atom is 0.422 e. The highest BCUT2D eigenvalue weighted by Gasteiger charge is 2.25. The molecule has 1 aromatic carbocycles. The Labute approximate surface area is 186 Å². The molecule has 2 amide bonds. The van der Waals surface area contributed by atoms with Crippen molar-refractivity contribution >= 4 is 34.8 Å². The van der Waals surface area contributed by atoms with E-state index in [1.807, 2.05) is 24.3 Å². The summed E-state index contributed by atoms with van der Waals surface area (Å²) in [6, 6.07) is 7.15. The molecule has 0 heterocycles. The lowest BCUT2D eigenvalue weighted by Crippen LogP contribution is -2.52. The Balaban J connectivity index is 2.71. The normalized spacial score (nSPS) is 13.9. The van der Waals surface area contributed by atoms with Crippen LogP contribution in [0.1, 0.15) is 47.1 Å². The number of carbonyl (C=O) groups is 2. The molecule has 4 N–H and O–H groups in total. The van der Waals surface area contributed by atoms with E-state index in [-0.39, 0.29) is 6.54 Å². The summed E-state index contributed by atoms with van der Waals surface area (Å²) in [7, 11) is 0. The highest BCUT2D eigenvalue weighted by molar-refractivity contribution is 14.1. The summed E-state index contributed by atoms with van der Waals surface area (Å²) in [6.45, 7) is 10.6. The van der Waals surface area contributed by atoms with Gasteiger partial charge in [0.15, 0.2) is 0 Å². The fraction of sp³-hybridized carbons (Fsp3) is 0.600. The molecule has 0 aliphatic rings. The standard InChI is InChI=1S/C20H32IN3O5/c1-19(2,3)28-17(26)23-15(11-13-7-9-14(21)10-8-13)16(25)12-22-24-18(27)29-20(4,5)6/h7-10,15-16,22,25H,11-12H2,1-6H3,(H,23,26)(H,24,27)/t15-,16-/m0/s1. The van der Waals surface area contributed by atoms with Crippen LogP contribution in [0.5, 0.6) is 0 Å². The molecule has 0 saturated carbocycles. The molecule has 8 nitrogen and oxygen atoms in total. The monoisotopic (exact) mass is 521 g/mol. The van der Waals surface area contributed by atoms with Crippen molar-refractivity contribution in [3.8, 4) is 0 Å². The van der Waals surface area contributed by atoms with Gasteiger partial charge in [0.05, 0.1) is 12.1 Å². The number of hydrogen-bond acceptors (Lipinski definition) is 6. The van der Waals surface area contributed by atoms with Gasteiger partial charge in [-0.3, -0.25) is 5.43 Å². The van der Waals surface area contributed by atoms with Gasteiger partial charge in [-0.2, -0.15) is 0 Å². The van der Waals surface area contributed by atoms with Gasteiger partial charge in [0.2, 0.25) is 0 Å². The van der Waals surface area contributed by atoms with Gasteiger partial charge in [0.25, 0.3) is 0 Å². The molecule has 164 valence electrons. The smallest absolute Gasteiger partial charge is 0.422 e. The molecule has 1 rings (SSSR count). The van der Waals surface area contributed by atoms with Crippen molar-refractivity contribution in [3.05, 3.63) is 33.4 Å². The molecule has 0 unspecified atom stereocenters. The zero-order chi connectivity index (χ0) is 22.2. The first-order chi connectivity index (χ1) is 13.2. The predicted molar refractivity (Wildman–Crippen MR) is 119 cm³/mol. The van der Waals surface area contributed by atoms with Gasteiger partial charge in [0, 0.05) is 10.1 Å². The number of ether oxygens (including phenoxy) is 2. The Morgan fingerprint density at radius 1 is 1.00 bits per heavy atom. The molecule has 0 fully saturated rings. The van der Waals surface area contributed by atoms with Gasteiger partial charge in [-0.15, -0.1) is 0 Å². The van der Waals surface area contributed by atoms with E-state index < -0.39 is 35.5 Å². The van der Waals surface area contributed by atoms with E-state index in [0.29, 0.717) is 6.42 Å². The van der Waals surface area contributed by atoms with Crippen molar-refractivity contribution in [1.29, 1.82) is 0 Å². The minimum Gasteiger partial charge on any atom is -0.444 e. The Kier molecular flexibility index (Phi) is 9.63. The van der Waals surface area contributed by atoms with Crippen LogP contribution in [0.15, 0.2) is 24.3 Å². The molecule has 0 saturated heterocycles. The molecule has 1 aromatic rings. The fourth-order valence-electron chi connectivity index (χ4n) is 2.29. The third kappa shape index (κ3) is 11.9. The van der Waals surface area contributed by atoms with Crippen molar-refractivity contribution in [1.82, 2.24) is 16.2 Å². The SMILES string of the molecule is CC(C)(C)OC(=O)NNC[C@H](O)[C@H](Cc1ccc(I)cc1)NC(=O)OC(C)(C)C. The zero-order valence-corrected chi connectivity index (χ0v) is 20.0. The van der Waals surface area contributed by atoms with Crippen LogP contribution in [0.2, 0.25) is 0 Å². The summed E-state index contributed by atoms with van der Waals surface area (Å²) in [5.74, 6) is 0. The second kappa shape index (κ2) is 11.0. The quantitative estimate of drug-likeness (QED) is 0.325. The van der Waals surface area contributed by atoms with Crippen LogP contribution in [0, 0.1) is 3.57 Å². The van der Waals surface area contributed by atoms with Crippen molar-refractivity contribution < 1.29 is 24.2 Å². The maximum atomic E-state index is 12.2. The third-order valence-corrected chi connectivity index (χ3v) is 4.16. The Morgan fingerprint density at radius 3 is 2.03 bits per heavy atom. The van der Waals surface area contributed by atoms with E-state index in [9.17, 15) is 14.7 Å². The second-order valence-electron chi connectivity index (χ2n) is 8.66. The molecule has 0 spiro atoms. The van der Waals surface area contributed by atoms with Gasteiger partial charge in [0.1, 0.15) is 11.2 Å². The number of carbonyl (C=O) groups excluding carboxylic acids is 2. The third-order valence-electron chi connectivity index (χ3n) is 3.44. The minimum absolute atomic E-state index is 0.00404. The molecule has 29 heavy (non-hydrogen) atoms. The van der Waals surface area contributed by atoms with E-state index in [1.165, 1.54) is 0 Å². The van der Waals surface area contributed by atoms with E-state index in [0.717, 1.165) is 9.13 Å². The lowest BCUT2D eigenvalue weighted by molar-refractivity contribution is 0.0386. The number of nitrogens with one attached hydrogen (secondary N) is 3. The first-order valence-corrected chi connectivity index (χ1v) is 10.5. The average molecular weight is 521 g/mol. The largest absolute Gasteiger partial charge is 0.444 e. The molecule has 0 aliphatic carbocycles. The van der Waals surface area contributed by atoms with E-state index in [4.69, 9.17) is 9.47 Å². The first kappa shape index (κ1) is 25.4. The fourth-order valence-corrected chi connectivity index (χ4v) is 2.65. The maximum absolute atomic E-state index is 12.2. The van der Waals surface area contributed by atoms with Crippen LogP contribution in [-0.4, -0.2) is 47.2 Å². The Morgan fingerprint density at radius 2 is 1.52 bits per heavy atom. The van der Waals surface area contributed by atoms with Crippen molar-refractivity contribution in [3.63, 3.8) is 0 Å². The lowest BCUT2D eigenvalue weighted by atomic mass is 10.0. The van der Waals surface area contributed by atoms with Crippen LogP contribution in [0.25, 0.3) is 0 Å². The second-order valence-corrected chi connectivity index (χ2v) is 9.90. The molecule has 0 radical (unpaired) electrons. The number of aliphatic hydroxyl groups is 1. The Hall–Kier alpha value is -1.59. The van der Waals surface area contributed by atoms with Gasteiger partial charge in [-0.05, 0) is 88.3 Å².